The number of amides is 1. The number of hydrogen-bond acceptors (Lipinski definition) is 5. The van der Waals surface area contributed by atoms with Crippen LogP contribution in [-0.4, -0.2) is 22.4 Å². The van der Waals surface area contributed by atoms with Gasteiger partial charge in [-0.15, -0.1) is 11.3 Å². The van der Waals surface area contributed by atoms with Crippen molar-refractivity contribution in [1.82, 2.24) is 15.3 Å². The fraction of sp³-hybridized carbons (Fsp3) is 0.278. The van der Waals surface area contributed by atoms with Crippen molar-refractivity contribution < 1.29 is 4.79 Å². The van der Waals surface area contributed by atoms with Crippen LogP contribution in [0.15, 0.2) is 30.3 Å². The summed E-state index contributed by atoms with van der Waals surface area (Å²) in [6.07, 6.45) is 0.922. The van der Waals surface area contributed by atoms with E-state index >= 15 is 0 Å². The first-order valence-electron chi connectivity index (χ1n) is 8.11. The third kappa shape index (κ3) is 4.27. The van der Waals surface area contributed by atoms with Crippen LogP contribution in [0.2, 0.25) is 5.28 Å². The Morgan fingerprint density at radius 1 is 1.24 bits per heavy atom. The minimum absolute atomic E-state index is 0.0422. The largest absolute Gasteiger partial charge is 0.365 e. The number of fused-ring (bicyclic) bond motifs is 1. The van der Waals surface area contributed by atoms with Gasteiger partial charge in [-0.3, -0.25) is 4.79 Å². The van der Waals surface area contributed by atoms with Gasteiger partial charge in [0.05, 0.1) is 5.39 Å². The predicted octanol–water partition coefficient (Wildman–Crippen LogP) is 4.41. The highest BCUT2D eigenvalue weighted by atomic mass is 35.5. The lowest BCUT2D eigenvalue weighted by atomic mass is 10.1. The number of carbonyl (C=O) groups excluding carboxylic acids is 1. The van der Waals surface area contributed by atoms with Crippen molar-refractivity contribution >= 4 is 44.9 Å². The Morgan fingerprint density at radius 3 is 2.72 bits per heavy atom. The molecule has 25 heavy (non-hydrogen) atoms. The summed E-state index contributed by atoms with van der Waals surface area (Å²) in [4.78, 5) is 22.5. The van der Waals surface area contributed by atoms with Gasteiger partial charge in [-0.1, -0.05) is 19.1 Å². The summed E-state index contributed by atoms with van der Waals surface area (Å²) in [6, 6.07) is 9.60. The molecule has 3 rings (SSSR count). The quantitative estimate of drug-likeness (QED) is 0.627. The van der Waals surface area contributed by atoms with Crippen LogP contribution in [-0.2, 0) is 6.54 Å². The summed E-state index contributed by atoms with van der Waals surface area (Å²) >= 11 is 7.61. The molecule has 0 aliphatic heterocycles. The lowest BCUT2D eigenvalue weighted by molar-refractivity contribution is 0.0953. The third-order valence-electron chi connectivity index (χ3n) is 3.70. The van der Waals surface area contributed by atoms with Gasteiger partial charge in [-0.2, -0.15) is 0 Å². The van der Waals surface area contributed by atoms with E-state index in [4.69, 9.17) is 11.6 Å². The van der Waals surface area contributed by atoms with Crippen LogP contribution in [0.1, 0.15) is 34.1 Å². The summed E-state index contributed by atoms with van der Waals surface area (Å²) in [6.45, 7) is 5.34. The summed E-state index contributed by atoms with van der Waals surface area (Å²) in [5, 5.41) is 7.39. The van der Waals surface area contributed by atoms with E-state index in [0.29, 0.717) is 18.7 Å². The summed E-state index contributed by atoms with van der Waals surface area (Å²) < 4.78 is 0. The molecule has 1 amide bonds. The molecular weight excluding hydrogens is 356 g/mol. The maximum absolute atomic E-state index is 11.9. The molecule has 0 aliphatic carbocycles. The van der Waals surface area contributed by atoms with Gasteiger partial charge in [0.1, 0.15) is 10.6 Å². The molecule has 2 heterocycles. The van der Waals surface area contributed by atoms with Gasteiger partial charge in [0.2, 0.25) is 5.28 Å². The highest BCUT2D eigenvalue weighted by Crippen LogP contribution is 2.29. The van der Waals surface area contributed by atoms with Crippen LogP contribution in [0.3, 0.4) is 0 Å². The molecule has 0 spiro atoms. The van der Waals surface area contributed by atoms with Gasteiger partial charge in [-0.25, -0.2) is 9.97 Å². The highest BCUT2D eigenvalue weighted by molar-refractivity contribution is 7.18. The number of rotatable bonds is 6. The molecule has 2 aromatic heterocycles. The van der Waals surface area contributed by atoms with Crippen LogP contribution in [0, 0.1) is 6.92 Å². The number of nitrogens with one attached hydrogen (secondary N) is 2. The zero-order valence-corrected chi connectivity index (χ0v) is 15.7. The maximum Gasteiger partial charge on any atom is 0.251 e. The first-order chi connectivity index (χ1) is 12.1. The lowest BCUT2D eigenvalue weighted by Gasteiger charge is -2.08. The van der Waals surface area contributed by atoms with E-state index < -0.39 is 0 Å². The van der Waals surface area contributed by atoms with Crippen molar-refractivity contribution in [2.45, 2.75) is 26.8 Å². The molecular formula is C18H19ClN4OS. The Kier molecular flexibility index (Phi) is 5.50. The standard InChI is InChI=1S/C18H19ClN4OS/c1-3-8-20-16(24)13-6-4-12(5-7-13)10-21-15-14-9-11(2)25-17(14)23-18(19)22-15/h4-7,9H,3,8,10H2,1-2H3,(H,20,24)(H,21,22,23). The minimum atomic E-state index is -0.0422. The molecule has 3 aromatic rings. The molecule has 0 saturated heterocycles. The first-order valence-corrected chi connectivity index (χ1v) is 9.31. The first kappa shape index (κ1) is 17.6. The number of benzene rings is 1. The molecule has 130 valence electrons. The summed E-state index contributed by atoms with van der Waals surface area (Å²) in [7, 11) is 0. The number of nitrogens with zero attached hydrogens (tertiary/aromatic N) is 2. The molecule has 0 saturated carbocycles. The van der Waals surface area contributed by atoms with E-state index in [0.717, 1.165) is 32.9 Å². The SMILES string of the molecule is CCCNC(=O)c1ccc(CNc2nc(Cl)nc3sc(C)cc23)cc1. The van der Waals surface area contributed by atoms with Crippen molar-refractivity contribution in [3.8, 4) is 0 Å². The molecule has 0 fully saturated rings. The molecule has 0 radical (unpaired) electrons. The summed E-state index contributed by atoms with van der Waals surface area (Å²) in [5.74, 6) is 0.684. The highest BCUT2D eigenvalue weighted by Gasteiger charge is 2.10. The predicted molar refractivity (Wildman–Crippen MR) is 104 cm³/mol. The normalized spacial score (nSPS) is 10.8. The smallest absolute Gasteiger partial charge is 0.251 e. The molecule has 5 nitrogen and oxygen atoms in total. The van der Waals surface area contributed by atoms with Gasteiger partial charge >= 0.3 is 0 Å². The number of aromatic nitrogens is 2. The average Bonchev–Trinajstić information content (AvgIpc) is 2.98. The second-order valence-electron chi connectivity index (χ2n) is 5.72. The zero-order chi connectivity index (χ0) is 17.8. The number of anilines is 1. The number of thiophene rings is 1. The Labute approximate surface area is 155 Å². The monoisotopic (exact) mass is 374 g/mol. The second-order valence-corrected chi connectivity index (χ2v) is 7.30. The van der Waals surface area contributed by atoms with Gasteiger partial charge in [0, 0.05) is 23.5 Å². The van der Waals surface area contributed by atoms with Crippen LogP contribution in [0.25, 0.3) is 10.2 Å². The van der Waals surface area contributed by atoms with Crippen molar-refractivity contribution in [2.24, 2.45) is 0 Å². The molecule has 0 bridgehead atoms. The average molecular weight is 375 g/mol. The van der Waals surface area contributed by atoms with Crippen LogP contribution in [0.4, 0.5) is 5.82 Å². The Balaban J connectivity index is 1.71. The molecule has 1 aromatic carbocycles. The Hall–Kier alpha value is -2.18. The molecule has 2 N–H and O–H groups in total. The number of aryl methyl sites for hydroxylation is 1. The van der Waals surface area contributed by atoms with Gasteiger partial charge in [0.15, 0.2) is 0 Å². The Bertz CT molecular complexity index is 892. The molecule has 0 aliphatic rings. The van der Waals surface area contributed by atoms with Crippen molar-refractivity contribution in [3.05, 3.63) is 51.6 Å². The van der Waals surface area contributed by atoms with Crippen LogP contribution < -0.4 is 10.6 Å². The zero-order valence-electron chi connectivity index (χ0n) is 14.1. The summed E-state index contributed by atoms with van der Waals surface area (Å²) in [5.41, 5.74) is 1.72. The molecule has 7 heteroatoms. The van der Waals surface area contributed by atoms with Crippen molar-refractivity contribution in [3.63, 3.8) is 0 Å². The van der Waals surface area contributed by atoms with Crippen LogP contribution >= 0.6 is 22.9 Å². The minimum Gasteiger partial charge on any atom is -0.365 e. The number of hydrogen-bond donors (Lipinski definition) is 2. The van der Waals surface area contributed by atoms with E-state index in [1.165, 1.54) is 0 Å². The fourth-order valence-electron chi connectivity index (χ4n) is 2.45. The van der Waals surface area contributed by atoms with E-state index in [2.05, 4.69) is 26.7 Å². The van der Waals surface area contributed by atoms with Gasteiger partial charge in [-0.05, 0) is 48.7 Å². The van der Waals surface area contributed by atoms with E-state index in [-0.39, 0.29) is 11.2 Å². The maximum atomic E-state index is 11.9. The van der Waals surface area contributed by atoms with Gasteiger partial charge < -0.3 is 10.6 Å². The number of carbonyl (C=O) groups is 1. The van der Waals surface area contributed by atoms with E-state index in [1.807, 2.05) is 38.1 Å². The van der Waals surface area contributed by atoms with Crippen molar-refractivity contribution in [1.29, 1.82) is 0 Å². The van der Waals surface area contributed by atoms with Crippen molar-refractivity contribution in [2.75, 3.05) is 11.9 Å². The molecule has 0 atom stereocenters. The Morgan fingerprint density at radius 2 is 2.00 bits per heavy atom. The third-order valence-corrected chi connectivity index (χ3v) is 4.81. The van der Waals surface area contributed by atoms with E-state index in [1.54, 1.807) is 11.3 Å². The van der Waals surface area contributed by atoms with E-state index in [9.17, 15) is 4.79 Å². The number of halogens is 1. The van der Waals surface area contributed by atoms with Gasteiger partial charge in [0.25, 0.3) is 5.91 Å². The molecule has 0 unspecified atom stereocenters. The second kappa shape index (κ2) is 7.80. The lowest BCUT2D eigenvalue weighted by Crippen LogP contribution is -2.23. The van der Waals surface area contributed by atoms with Crippen LogP contribution in [0.5, 0.6) is 0 Å². The fourth-order valence-corrected chi connectivity index (χ4v) is 3.55. The topological polar surface area (TPSA) is 66.9 Å².